The van der Waals surface area contributed by atoms with Crippen molar-refractivity contribution in [1.29, 1.82) is 0 Å². The summed E-state index contributed by atoms with van der Waals surface area (Å²) in [7, 11) is 0. The van der Waals surface area contributed by atoms with Gasteiger partial charge >= 0.3 is 0 Å². The van der Waals surface area contributed by atoms with E-state index in [9.17, 15) is 5.11 Å². The summed E-state index contributed by atoms with van der Waals surface area (Å²) in [6.45, 7) is 19.3. The molecule has 0 saturated heterocycles. The van der Waals surface area contributed by atoms with E-state index in [1.54, 1.807) is 0 Å². The van der Waals surface area contributed by atoms with Gasteiger partial charge in [-0.1, -0.05) is 60.8 Å². The normalized spacial score (nSPS) is 48.4. The second kappa shape index (κ2) is 8.02. The highest BCUT2D eigenvalue weighted by molar-refractivity contribution is 5.14. The van der Waals surface area contributed by atoms with Crippen LogP contribution < -0.4 is 0 Å². The standard InChI is InChI=1S/C30H54O/c1-20(2)10-9-11-21(3)24-14-15-25-23-13-12-22-18-28(6,27(4,5)31)19-30(22,8)26(23)16-17-29(24,25)7/h20-26,31H,9-19H2,1-8H3/t21-,22+,23+,24-,25+,26+,28+,29-,30+/m1/s1. The Balaban J connectivity index is 1.50. The quantitative estimate of drug-likeness (QED) is 0.448. The molecule has 4 rings (SSSR count). The minimum Gasteiger partial charge on any atom is -0.390 e. The summed E-state index contributed by atoms with van der Waals surface area (Å²) < 4.78 is 0. The molecule has 1 heteroatoms. The Morgan fingerprint density at radius 3 is 2.19 bits per heavy atom. The zero-order valence-electron chi connectivity index (χ0n) is 22.3. The van der Waals surface area contributed by atoms with E-state index in [2.05, 4.69) is 55.4 Å². The lowest BCUT2D eigenvalue weighted by Gasteiger charge is -2.58. The fourth-order valence-electron chi connectivity index (χ4n) is 10.1. The van der Waals surface area contributed by atoms with Crippen LogP contribution in [0.15, 0.2) is 0 Å². The van der Waals surface area contributed by atoms with Crippen LogP contribution in [0, 0.1) is 57.7 Å². The van der Waals surface area contributed by atoms with Gasteiger partial charge < -0.3 is 5.11 Å². The van der Waals surface area contributed by atoms with E-state index in [1.807, 2.05) is 0 Å². The SMILES string of the molecule is CC(C)CCC[C@@H](C)[C@H]1CC[C@H]2[C@@H]3CC[C@H]4C[C@](C)(C(C)(C)O)C[C@]4(C)[C@H]3CC[C@]12C. The second-order valence-electron chi connectivity index (χ2n) is 14.7. The van der Waals surface area contributed by atoms with Gasteiger partial charge in [0.2, 0.25) is 0 Å². The molecule has 0 heterocycles. The van der Waals surface area contributed by atoms with Crippen molar-refractivity contribution in [3.8, 4) is 0 Å². The molecular formula is C30H54O. The fraction of sp³-hybridized carbons (Fsp3) is 1.00. The number of rotatable bonds is 6. The predicted octanol–water partition coefficient (Wildman–Crippen LogP) is 8.49. The van der Waals surface area contributed by atoms with Gasteiger partial charge in [0.25, 0.3) is 0 Å². The van der Waals surface area contributed by atoms with Crippen molar-refractivity contribution in [2.45, 2.75) is 132 Å². The van der Waals surface area contributed by atoms with Gasteiger partial charge in [-0.2, -0.15) is 0 Å². The Bertz CT molecular complexity index is 645. The lowest BCUT2D eigenvalue weighted by Crippen LogP contribution is -2.51. The maximum atomic E-state index is 11.0. The maximum Gasteiger partial charge on any atom is 0.0645 e. The van der Waals surface area contributed by atoms with Crippen molar-refractivity contribution in [3.63, 3.8) is 0 Å². The summed E-state index contributed by atoms with van der Waals surface area (Å²) in [5, 5.41) is 11.0. The number of aliphatic hydroxyl groups is 1. The number of fused-ring (bicyclic) bond motifs is 5. The van der Waals surface area contributed by atoms with Gasteiger partial charge in [-0.15, -0.1) is 0 Å². The molecule has 1 N–H and O–H groups in total. The molecule has 4 aliphatic carbocycles. The van der Waals surface area contributed by atoms with Crippen molar-refractivity contribution in [2.24, 2.45) is 57.7 Å². The predicted molar refractivity (Wildman–Crippen MR) is 133 cm³/mol. The van der Waals surface area contributed by atoms with Gasteiger partial charge in [0.15, 0.2) is 0 Å². The molecule has 0 aromatic carbocycles. The molecule has 0 aromatic rings. The molecule has 1 nitrogen and oxygen atoms in total. The lowest BCUT2D eigenvalue weighted by molar-refractivity contribution is -0.0964. The zero-order valence-corrected chi connectivity index (χ0v) is 22.3. The summed E-state index contributed by atoms with van der Waals surface area (Å²) in [6, 6.07) is 0. The van der Waals surface area contributed by atoms with Crippen LogP contribution in [0.5, 0.6) is 0 Å². The van der Waals surface area contributed by atoms with E-state index in [1.165, 1.54) is 70.6 Å². The average Bonchev–Trinajstić information content (AvgIpc) is 3.14. The highest BCUT2D eigenvalue weighted by Crippen LogP contribution is 2.72. The van der Waals surface area contributed by atoms with Gasteiger partial charge in [0, 0.05) is 0 Å². The zero-order chi connectivity index (χ0) is 22.8. The minimum absolute atomic E-state index is 0.0885. The summed E-state index contributed by atoms with van der Waals surface area (Å²) >= 11 is 0. The van der Waals surface area contributed by atoms with Crippen LogP contribution in [0.1, 0.15) is 126 Å². The molecule has 180 valence electrons. The van der Waals surface area contributed by atoms with Crippen LogP contribution in [0.3, 0.4) is 0 Å². The van der Waals surface area contributed by atoms with Crippen molar-refractivity contribution in [2.75, 3.05) is 0 Å². The van der Waals surface area contributed by atoms with Crippen molar-refractivity contribution in [3.05, 3.63) is 0 Å². The molecule has 0 bridgehead atoms. The van der Waals surface area contributed by atoms with E-state index >= 15 is 0 Å². The largest absolute Gasteiger partial charge is 0.390 e. The first-order valence-corrected chi connectivity index (χ1v) is 14.0. The minimum atomic E-state index is -0.560. The van der Waals surface area contributed by atoms with E-state index in [4.69, 9.17) is 0 Å². The van der Waals surface area contributed by atoms with Crippen molar-refractivity contribution >= 4 is 0 Å². The molecule has 0 spiro atoms. The van der Waals surface area contributed by atoms with E-state index in [0.29, 0.717) is 10.8 Å². The first-order valence-electron chi connectivity index (χ1n) is 14.0. The lowest BCUT2D eigenvalue weighted by atomic mass is 9.47. The highest BCUT2D eigenvalue weighted by atomic mass is 16.3. The van der Waals surface area contributed by atoms with Crippen LogP contribution in [0.2, 0.25) is 0 Å². The second-order valence-corrected chi connectivity index (χ2v) is 14.7. The molecule has 4 saturated carbocycles. The van der Waals surface area contributed by atoms with Crippen LogP contribution in [-0.2, 0) is 0 Å². The topological polar surface area (TPSA) is 20.2 Å². The summed E-state index contributed by atoms with van der Waals surface area (Å²) in [6.07, 6.45) is 15.6. The first kappa shape index (κ1) is 24.1. The third kappa shape index (κ3) is 3.85. The summed E-state index contributed by atoms with van der Waals surface area (Å²) in [4.78, 5) is 0. The van der Waals surface area contributed by atoms with Gasteiger partial charge in [-0.05, 0) is 123 Å². The highest BCUT2D eigenvalue weighted by Gasteiger charge is 2.64. The number of hydrogen-bond acceptors (Lipinski definition) is 1. The Kier molecular flexibility index (Phi) is 6.24. The molecule has 0 unspecified atom stereocenters. The first-order chi connectivity index (χ1) is 14.3. The van der Waals surface area contributed by atoms with Gasteiger partial charge in [0.05, 0.1) is 5.60 Å². The average molecular weight is 431 g/mol. The maximum absolute atomic E-state index is 11.0. The molecular weight excluding hydrogens is 376 g/mol. The molecule has 31 heavy (non-hydrogen) atoms. The molecule has 0 amide bonds. The molecule has 0 radical (unpaired) electrons. The van der Waals surface area contributed by atoms with Crippen LogP contribution in [0.4, 0.5) is 0 Å². The Labute approximate surface area is 194 Å². The van der Waals surface area contributed by atoms with E-state index in [-0.39, 0.29) is 5.41 Å². The van der Waals surface area contributed by atoms with Gasteiger partial charge in [-0.25, -0.2) is 0 Å². The van der Waals surface area contributed by atoms with Crippen molar-refractivity contribution < 1.29 is 5.11 Å². The third-order valence-corrected chi connectivity index (χ3v) is 12.2. The smallest absolute Gasteiger partial charge is 0.0645 e. The molecule has 9 atom stereocenters. The van der Waals surface area contributed by atoms with E-state index in [0.717, 1.165) is 41.4 Å². The Hall–Kier alpha value is -0.0400. The van der Waals surface area contributed by atoms with Gasteiger partial charge in [0.1, 0.15) is 0 Å². The summed E-state index contributed by atoms with van der Waals surface area (Å²) in [5.41, 5.74) is 0.584. The number of hydrogen-bond donors (Lipinski definition) is 1. The molecule has 0 aromatic heterocycles. The molecule has 4 aliphatic rings. The van der Waals surface area contributed by atoms with Gasteiger partial charge in [-0.3, -0.25) is 0 Å². The third-order valence-electron chi connectivity index (χ3n) is 12.2. The monoisotopic (exact) mass is 430 g/mol. The molecule has 4 fully saturated rings. The fourth-order valence-corrected chi connectivity index (χ4v) is 10.1. The summed E-state index contributed by atoms with van der Waals surface area (Å²) in [5.74, 6) is 6.38. The van der Waals surface area contributed by atoms with Crippen LogP contribution in [0.25, 0.3) is 0 Å². The molecule has 0 aliphatic heterocycles. The van der Waals surface area contributed by atoms with Crippen molar-refractivity contribution in [1.82, 2.24) is 0 Å². The Morgan fingerprint density at radius 1 is 0.871 bits per heavy atom. The Morgan fingerprint density at radius 2 is 1.55 bits per heavy atom. The van der Waals surface area contributed by atoms with Crippen LogP contribution >= 0.6 is 0 Å². The van der Waals surface area contributed by atoms with Crippen LogP contribution in [-0.4, -0.2) is 10.7 Å². The van der Waals surface area contributed by atoms with E-state index < -0.39 is 5.60 Å².